The second kappa shape index (κ2) is 10.4. The van der Waals surface area contributed by atoms with Crippen LogP contribution in [0.5, 0.6) is 17.6 Å². The molecule has 40 heavy (non-hydrogen) atoms. The molecule has 9 heteroatoms. The van der Waals surface area contributed by atoms with E-state index >= 15 is 0 Å². The summed E-state index contributed by atoms with van der Waals surface area (Å²) in [6.45, 7) is 13.5. The highest BCUT2D eigenvalue weighted by molar-refractivity contribution is 5.98. The summed E-state index contributed by atoms with van der Waals surface area (Å²) in [5.41, 5.74) is 5.11. The van der Waals surface area contributed by atoms with Crippen molar-refractivity contribution in [2.24, 2.45) is 0 Å². The van der Waals surface area contributed by atoms with Gasteiger partial charge >= 0.3 is 6.01 Å². The molecule has 3 aliphatic rings. The fourth-order valence-corrected chi connectivity index (χ4v) is 6.58. The van der Waals surface area contributed by atoms with Crippen LogP contribution in [0.15, 0.2) is 48.6 Å². The molecule has 1 N–H and O–H groups in total. The largest absolute Gasteiger partial charge is 0.493 e. The van der Waals surface area contributed by atoms with Gasteiger partial charge in [0.05, 0.1) is 17.8 Å². The second-order valence-corrected chi connectivity index (χ2v) is 11.1. The standard InChI is InChI=1S/C31H35FN4O4/c1-5-23-25(32)7-6-21-10-22(40-18-38-4)11-27(28(21)23)35-9-8-24-26(16-35)33-30(34-29(24)37)39-17-31-12-19(2)14-36(31)15-20(3)13-31/h6-7,10-11H,2-3,5,8-9,12-18H2,1,4H3,(H,33,34,37). The SMILES string of the molecule is C=C1CN2CC(=C)CC2(COc2nc(O)c3c(n2)CN(c2cc(OCOC)cc4ccc(F)c(CC)c24)CC3)C1. The summed E-state index contributed by atoms with van der Waals surface area (Å²) in [4.78, 5) is 13.6. The number of ether oxygens (including phenoxy) is 3. The van der Waals surface area contributed by atoms with Crippen molar-refractivity contribution in [1.82, 2.24) is 14.9 Å². The lowest BCUT2D eigenvalue weighted by atomic mass is 9.92. The molecule has 0 unspecified atom stereocenters. The van der Waals surface area contributed by atoms with Crippen LogP contribution in [0.2, 0.25) is 0 Å². The lowest BCUT2D eigenvalue weighted by molar-refractivity contribution is 0.0512. The fourth-order valence-electron chi connectivity index (χ4n) is 6.58. The van der Waals surface area contributed by atoms with Crippen LogP contribution in [0, 0.1) is 5.82 Å². The number of aryl methyl sites for hydroxylation is 1. The van der Waals surface area contributed by atoms with Crippen LogP contribution in [-0.4, -0.2) is 65.7 Å². The van der Waals surface area contributed by atoms with Crippen LogP contribution in [0.25, 0.3) is 10.8 Å². The van der Waals surface area contributed by atoms with Gasteiger partial charge in [-0.3, -0.25) is 4.90 Å². The van der Waals surface area contributed by atoms with Gasteiger partial charge in [-0.15, -0.1) is 0 Å². The average Bonchev–Trinajstić information content (AvgIpc) is 3.40. The third-order valence-corrected chi connectivity index (χ3v) is 8.31. The van der Waals surface area contributed by atoms with Gasteiger partial charge in [0.15, 0.2) is 6.79 Å². The van der Waals surface area contributed by atoms with Gasteiger partial charge in [-0.1, -0.05) is 37.3 Å². The third kappa shape index (κ3) is 4.67. The molecule has 3 aromatic rings. The highest BCUT2D eigenvalue weighted by Crippen LogP contribution is 2.43. The molecule has 6 rings (SSSR count). The molecular formula is C31H35FN4O4. The van der Waals surface area contributed by atoms with Crippen molar-refractivity contribution in [3.05, 3.63) is 71.2 Å². The number of rotatable bonds is 8. The molecule has 0 bridgehead atoms. The van der Waals surface area contributed by atoms with E-state index in [2.05, 4.69) is 27.9 Å². The molecule has 210 valence electrons. The molecule has 2 aromatic carbocycles. The van der Waals surface area contributed by atoms with Crippen LogP contribution < -0.4 is 14.4 Å². The third-order valence-electron chi connectivity index (χ3n) is 8.31. The monoisotopic (exact) mass is 546 g/mol. The summed E-state index contributed by atoms with van der Waals surface area (Å²) in [7, 11) is 1.57. The van der Waals surface area contributed by atoms with E-state index < -0.39 is 0 Å². The summed E-state index contributed by atoms with van der Waals surface area (Å²) >= 11 is 0. The van der Waals surface area contributed by atoms with Gasteiger partial charge in [0.25, 0.3) is 0 Å². The topological polar surface area (TPSA) is 80.2 Å². The van der Waals surface area contributed by atoms with Crippen LogP contribution in [0.1, 0.15) is 36.6 Å². The molecule has 8 nitrogen and oxygen atoms in total. The first kappa shape index (κ1) is 26.5. The van der Waals surface area contributed by atoms with Crippen molar-refractivity contribution in [3.63, 3.8) is 0 Å². The first-order chi connectivity index (χ1) is 19.3. The molecule has 2 fully saturated rings. The van der Waals surface area contributed by atoms with Crippen molar-refractivity contribution < 1.29 is 23.7 Å². The Morgan fingerprint density at radius 1 is 1.07 bits per heavy atom. The Kier molecular flexibility index (Phi) is 6.88. The minimum absolute atomic E-state index is 0.0528. The van der Waals surface area contributed by atoms with Gasteiger partial charge in [-0.25, -0.2) is 4.39 Å². The van der Waals surface area contributed by atoms with E-state index in [0.29, 0.717) is 55.1 Å². The Morgan fingerprint density at radius 3 is 2.58 bits per heavy atom. The van der Waals surface area contributed by atoms with E-state index in [1.807, 2.05) is 19.1 Å². The van der Waals surface area contributed by atoms with Gasteiger partial charge < -0.3 is 24.2 Å². The maximum absolute atomic E-state index is 14.9. The molecule has 0 aliphatic carbocycles. The summed E-state index contributed by atoms with van der Waals surface area (Å²) in [5, 5.41) is 12.6. The molecule has 3 aliphatic heterocycles. The summed E-state index contributed by atoms with van der Waals surface area (Å²) in [5.74, 6) is 0.356. The molecule has 2 saturated heterocycles. The lowest BCUT2D eigenvalue weighted by Gasteiger charge is -2.32. The summed E-state index contributed by atoms with van der Waals surface area (Å²) < 4.78 is 32.0. The number of fused-ring (bicyclic) bond motifs is 3. The first-order valence-corrected chi connectivity index (χ1v) is 13.7. The van der Waals surface area contributed by atoms with Gasteiger partial charge in [0.2, 0.25) is 5.88 Å². The summed E-state index contributed by atoms with van der Waals surface area (Å²) in [6.07, 6.45) is 2.79. The zero-order valence-corrected chi connectivity index (χ0v) is 23.1. The Labute approximate surface area is 233 Å². The Bertz CT molecular complexity index is 1490. The van der Waals surface area contributed by atoms with Crippen LogP contribution in [0.4, 0.5) is 10.1 Å². The number of aromatic nitrogens is 2. The summed E-state index contributed by atoms with van der Waals surface area (Å²) in [6, 6.07) is 7.28. The first-order valence-electron chi connectivity index (χ1n) is 13.7. The maximum Gasteiger partial charge on any atom is 0.320 e. The normalized spacial score (nSPS) is 18.3. The lowest BCUT2D eigenvalue weighted by Crippen LogP contribution is -2.43. The van der Waals surface area contributed by atoms with Gasteiger partial charge in [0, 0.05) is 49.4 Å². The predicted molar refractivity (Wildman–Crippen MR) is 152 cm³/mol. The molecule has 0 atom stereocenters. The molecule has 0 radical (unpaired) electrons. The number of anilines is 1. The van der Waals surface area contributed by atoms with E-state index in [4.69, 9.17) is 19.2 Å². The van der Waals surface area contributed by atoms with Crippen LogP contribution in [0.3, 0.4) is 0 Å². The highest BCUT2D eigenvalue weighted by Gasteiger charge is 2.48. The zero-order valence-electron chi connectivity index (χ0n) is 23.1. The maximum atomic E-state index is 14.9. The van der Waals surface area contributed by atoms with E-state index in [-0.39, 0.29) is 30.0 Å². The quantitative estimate of drug-likeness (QED) is 0.315. The molecule has 0 amide bonds. The van der Waals surface area contributed by atoms with Crippen molar-refractivity contribution >= 4 is 16.5 Å². The highest BCUT2D eigenvalue weighted by atomic mass is 19.1. The second-order valence-electron chi connectivity index (χ2n) is 11.1. The number of nitrogens with zero attached hydrogens (tertiary/aromatic N) is 4. The van der Waals surface area contributed by atoms with Crippen LogP contribution in [-0.2, 0) is 24.1 Å². The van der Waals surface area contributed by atoms with E-state index in [1.54, 1.807) is 13.2 Å². The van der Waals surface area contributed by atoms with Gasteiger partial charge in [-0.05, 0) is 48.8 Å². The zero-order chi connectivity index (χ0) is 28.0. The Hall–Kier alpha value is -3.69. The molecular weight excluding hydrogens is 511 g/mol. The average molecular weight is 547 g/mol. The minimum Gasteiger partial charge on any atom is -0.493 e. The number of methoxy groups -OCH3 is 1. The smallest absolute Gasteiger partial charge is 0.320 e. The van der Waals surface area contributed by atoms with E-state index in [9.17, 15) is 9.50 Å². The van der Waals surface area contributed by atoms with E-state index in [1.165, 1.54) is 17.2 Å². The number of halogens is 1. The van der Waals surface area contributed by atoms with Crippen molar-refractivity contribution in [2.75, 3.05) is 45.0 Å². The van der Waals surface area contributed by atoms with Crippen molar-refractivity contribution in [3.8, 4) is 17.6 Å². The predicted octanol–water partition coefficient (Wildman–Crippen LogP) is 4.92. The Morgan fingerprint density at radius 2 is 1.85 bits per heavy atom. The fraction of sp³-hybridized carbons (Fsp3) is 0.419. The van der Waals surface area contributed by atoms with Gasteiger partial charge in [-0.2, -0.15) is 9.97 Å². The van der Waals surface area contributed by atoms with Gasteiger partial charge in [0.1, 0.15) is 18.2 Å². The minimum atomic E-state index is -0.229. The van der Waals surface area contributed by atoms with Crippen molar-refractivity contribution in [1.29, 1.82) is 0 Å². The van der Waals surface area contributed by atoms with E-state index in [0.717, 1.165) is 42.4 Å². The molecule has 0 saturated carbocycles. The number of hydrogen-bond acceptors (Lipinski definition) is 8. The number of hydrogen-bond donors (Lipinski definition) is 1. The number of benzene rings is 2. The number of aromatic hydroxyl groups is 1. The molecule has 4 heterocycles. The van der Waals surface area contributed by atoms with Crippen LogP contribution >= 0.6 is 0 Å². The molecule has 0 spiro atoms. The van der Waals surface area contributed by atoms with Crippen molar-refractivity contribution in [2.45, 2.75) is 44.7 Å². The molecule has 1 aromatic heterocycles. The Balaban J connectivity index is 1.31.